The number of non-ortho nitro benzene ring substituents is 1. The molecule has 1 aliphatic heterocycles. The second-order valence-electron chi connectivity index (χ2n) is 7.25. The van der Waals surface area contributed by atoms with Gasteiger partial charge in [-0.1, -0.05) is 37.3 Å². The Morgan fingerprint density at radius 3 is 2.66 bits per heavy atom. The molecule has 2 heterocycles. The lowest BCUT2D eigenvalue weighted by Gasteiger charge is -2.37. The molecule has 0 radical (unpaired) electrons. The first-order chi connectivity index (χ1) is 14.0. The Bertz CT molecular complexity index is 1020. The average molecular weight is 392 g/mol. The molecule has 0 saturated carbocycles. The molecule has 0 bridgehead atoms. The zero-order valence-corrected chi connectivity index (χ0v) is 15.9. The summed E-state index contributed by atoms with van der Waals surface area (Å²) in [6.07, 6.45) is 2.20. The van der Waals surface area contributed by atoms with Gasteiger partial charge in [-0.25, -0.2) is 0 Å². The number of benzene rings is 2. The molecule has 9 heteroatoms. The van der Waals surface area contributed by atoms with Crippen molar-refractivity contribution < 1.29 is 9.72 Å². The zero-order chi connectivity index (χ0) is 20.4. The minimum atomic E-state index is -0.510. The summed E-state index contributed by atoms with van der Waals surface area (Å²) in [5, 5.41) is 22.3. The number of carbonyl (C=O) groups excluding carboxylic acids is 1. The molecule has 0 aliphatic carbocycles. The summed E-state index contributed by atoms with van der Waals surface area (Å²) in [5.74, 6) is 0.396. The van der Waals surface area contributed by atoms with Crippen LogP contribution in [-0.4, -0.2) is 49.0 Å². The van der Waals surface area contributed by atoms with E-state index in [0.717, 1.165) is 6.42 Å². The summed E-state index contributed by atoms with van der Waals surface area (Å²) in [5.41, 5.74) is 1.77. The molecule has 1 amide bonds. The second kappa shape index (κ2) is 7.78. The predicted molar refractivity (Wildman–Crippen MR) is 105 cm³/mol. The van der Waals surface area contributed by atoms with Crippen LogP contribution in [0.1, 0.15) is 35.2 Å². The Morgan fingerprint density at radius 2 is 2.00 bits per heavy atom. The van der Waals surface area contributed by atoms with E-state index in [2.05, 4.69) is 34.6 Å². The van der Waals surface area contributed by atoms with Crippen molar-refractivity contribution in [3.05, 3.63) is 76.1 Å². The maximum absolute atomic E-state index is 13.3. The van der Waals surface area contributed by atoms with Crippen molar-refractivity contribution in [2.75, 3.05) is 13.1 Å². The van der Waals surface area contributed by atoms with Crippen LogP contribution in [0.3, 0.4) is 0 Å². The molecule has 2 atom stereocenters. The van der Waals surface area contributed by atoms with Crippen LogP contribution in [0.2, 0.25) is 0 Å². The number of piperidine rings is 1. The minimum Gasteiger partial charge on any atom is -0.338 e. The van der Waals surface area contributed by atoms with Gasteiger partial charge in [0.2, 0.25) is 0 Å². The maximum atomic E-state index is 13.3. The number of aromatic nitrogens is 4. The molecule has 1 fully saturated rings. The third-order valence-corrected chi connectivity index (χ3v) is 5.44. The molecule has 1 saturated heterocycles. The number of nitrogens with zero attached hydrogens (tertiary/aromatic N) is 6. The van der Waals surface area contributed by atoms with Crippen LogP contribution in [0.25, 0.3) is 5.69 Å². The number of nitro benzene ring substituents is 1. The Labute approximate surface area is 167 Å². The third kappa shape index (κ3) is 3.71. The number of tetrazole rings is 1. The van der Waals surface area contributed by atoms with Gasteiger partial charge in [-0.05, 0) is 40.3 Å². The lowest BCUT2D eigenvalue weighted by atomic mass is 9.81. The fourth-order valence-electron chi connectivity index (χ4n) is 3.98. The van der Waals surface area contributed by atoms with Crippen molar-refractivity contribution in [1.82, 2.24) is 25.1 Å². The molecular weight excluding hydrogens is 372 g/mol. The van der Waals surface area contributed by atoms with E-state index >= 15 is 0 Å². The lowest BCUT2D eigenvalue weighted by molar-refractivity contribution is -0.384. The molecule has 29 heavy (non-hydrogen) atoms. The van der Waals surface area contributed by atoms with E-state index in [-0.39, 0.29) is 23.1 Å². The standard InChI is InChI=1S/C20H20N6O3/c1-14-12-24(10-9-17(14)15-5-3-2-4-6-15)20(27)18-11-16(26(28)29)7-8-19(18)25-13-21-22-23-25/h2-8,11,13-14,17H,9-10,12H2,1H3. The molecule has 1 aliphatic rings. The Balaban J connectivity index is 1.61. The summed E-state index contributed by atoms with van der Waals surface area (Å²) in [4.78, 5) is 25.8. The van der Waals surface area contributed by atoms with Gasteiger partial charge in [0.25, 0.3) is 11.6 Å². The van der Waals surface area contributed by atoms with Gasteiger partial charge in [-0.3, -0.25) is 14.9 Å². The first-order valence-electron chi connectivity index (χ1n) is 9.40. The van der Waals surface area contributed by atoms with Gasteiger partial charge >= 0.3 is 0 Å². The number of hydrogen-bond acceptors (Lipinski definition) is 6. The highest BCUT2D eigenvalue weighted by Gasteiger charge is 2.31. The number of likely N-dealkylation sites (tertiary alicyclic amines) is 1. The number of nitro groups is 1. The van der Waals surface area contributed by atoms with E-state index in [1.54, 1.807) is 4.90 Å². The van der Waals surface area contributed by atoms with Gasteiger partial charge in [-0.2, -0.15) is 4.68 Å². The van der Waals surface area contributed by atoms with Gasteiger partial charge in [0.05, 0.1) is 16.2 Å². The molecule has 2 aromatic carbocycles. The highest BCUT2D eigenvalue weighted by Crippen LogP contribution is 2.34. The Hall–Kier alpha value is -3.62. The molecule has 1 aromatic heterocycles. The summed E-state index contributed by atoms with van der Waals surface area (Å²) >= 11 is 0. The van der Waals surface area contributed by atoms with Gasteiger partial charge in [0, 0.05) is 25.2 Å². The van der Waals surface area contributed by atoms with Crippen molar-refractivity contribution >= 4 is 11.6 Å². The van der Waals surface area contributed by atoms with E-state index in [0.29, 0.717) is 24.7 Å². The number of amides is 1. The predicted octanol–water partition coefficient (Wildman–Crippen LogP) is 2.84. The van der Waals surface area contributed by atoms with E-state index in [4.69, 9.17) is 0 Å². The largest absolute Gasteiger partial charge is 0.338 e. The molecule has 4 rings (SSSR count). The fourth-order valence-corrected chi connectivity index (χ4v) is 3.98. The van der Waals surface area contributed by atoms with Crippen LogP contribution in [0.4, 0.5) is 5.69 Å². The molecule has 9 nitrogen and oxygen atoms in total. The van der Waals surface area contributed by atoms with Crippen LogP contribution < -0.4 is 0 Å². The van der Waals surface area contributed by atoms with E-state index in [9.17, 15) is 14.9 Å². The van der Waals surface area contributed by atoms with Crippen molar-refractivity contribution in [2.45, 2.75) is 19.3 Å². The molecular formula is C20H20N6O3. The van der Waals surface area contributed by atoms with Crippen LogP contribution in [0, 0.1) is 16.0 Å². The van der Waals surface area contributed by atoms with E-state index < -0.39 is 4.92 Å². The Morgan fingerprint density at radius 1 is 1.21 bits per heavy atom. The van der Waals surface area contributed by atoms with Gasteiger partial charge < -0.3 is 4.90 Å². The van der Waals surface area contributed by atoms with Gasteiger partial charge in [0.15, 0.2) is 0 Å². The fraction of sp³-hybridized carbons (Fsp3) is 0.300. The first-order valence-corrected chi connectivity index (χ1v) is 9.40. The number of carbonyl (C=O) groups is 1. The molecule has 3 aromatic rings. The van der Waals surface area contributed by atoms with Crippen molar-refractivity contribution in [2.24, 2.45) is 5.92 Å². The monoisotopic (exact) mass is 392 g/mol. The maximum Gasteiger partial charge on any atom is 0.270 e. The van der Waals surface area contributed by atoms with Crippen molar-refractivity contribution in [3.63, 3.8) is 0 Å². The number of hydrogen-bond donors (Lipinski definition) is 0. The smallest absolute Gasteiger partial charge is 0.270 e. The lowest BCUT2D eigenvalue weighted by Crippen LogP contribution is -2.42. The molecule has 0 N–H and O–H groups in total. The van der Waals surface area contributed by atoms with Gasteiger partial charge in [0.1, 0.15) is 6.33 Å². The van der Waals surface area contributed by atoms with Gasteiger partial charge in [-0.15, -0.1) is 5.10 Å². The summed E-state index contributed by atoms with van der Waals surface area (Å²) in [6.45, 7) is 3.30. The summed E-state index contributed by atoms with van der Waals surface area (Å²) in [6, 6.07) is 14.4. The average Bonchev–Trinajstić information content (AvgIpc) is 3.28. The number of rotatable bonds is 4. The van der Waals surface area contributed by atoms with Crippen LogP contribution >= 0.6 is 0 Å². The summed E-state index contributed by atoms with van der Waals surface area (Å²) in [7, 11) is 0. The SMILES string of the molecule is CC1CN(C(=O)c2cc([N+](=O)[O-])ccc2-n2cnnn2)CCC1c1ccccc1. The van der Waals surface area contributed by atoms with E-state index in [1.165, 1.54) is 34.8 Å². The highest BCUT2D eigenvalue weighted by atomic mass is 16.6. The zero-order valence-electron chi connectivity index (χ0n) is 15.9. The topological polar surface area (TPSA) is 107 Å². The summed E-state index contributed by atoms with van der Waals surface area (Å²) < 4.78 is 1.34. The third-order valence-electron chi connectivity index (χ3n) is 5.44. The van der Waals surface area contributed by atoms with E-state index in [1.807, 2.05) is 18.2 Å². The van der Waals surface area contributed by atoms with Crippen LogP contribution in [-0.2, 0) is 0 Å². The second-order valence-corrected chi connectivity index (χ2v) is 7.25. The molecule has 2 unspecified atom stereocenters. The molecule has 0 spiro atoms. The van der Waals surface area contributed by atoms with Crippen LogP contribution in [0.15, 0.2) is 54.9 Å². The quantitative estimate of drug-likeness (QED) is 0.499. The van der Waals surface area contributed by atoms with Crippen molar-refractivity contribution in [1.29, 1.82) is 0 Å². The van der Waals surface area contributed by atoms with Crippen molar-refractivity contribution in [3.8, 4) is 5.69 Å². The minimum absolute atomic E-state index is 0.141. The first kappa shape index (κ1) is 18.7. The van der Waals surface area contributed by atoms with Crippen LogP contribution in [0.5, 0.6) is 0 Å². The normalized spacial score (nSPS) is 19.1. The molecule has 148 valence electrons. The Kier molecular flexibility index (Phi) is 5.03. The highest BCUT2D eigenvalue weighted by molar-refractivity contribution is 5.98.